The summed E-state index contributed by atoms with van der Waals surface area (Å²) >= 11 is 0. The molecule has 2 rings (SSSR count). The molecule has 0 amide bonds. The zero-order chi connectivity index (χ0) is 15.5. The average Bonchev–Trinajstić information content (AvgIpc) is 2.46. The van der Waals surface area contributed by atoms with Crippen molar-refractivity contribution in [1.29, 1.82) is 0 Å². The van der Waals surface area contributed by atoms with Gasteiger partial charge in [-0.1, -0.05) is 54.1 Å². The van der Waals surface area contributed by atoms with Crippen molar-refractivity contribution in [2.45, 2.75) is 25.2 Å². The molecule has 0 bridgehead atoms. The van der Waals surface area contributed by atoms with Crippen LogP contribution in [0.15, 0.2) is 60.0 Å². The summed E-state index contributed by atoms with van der Waals surface area (Å²) in [7, 11) is -3.22. The molecule has 0 atom stereocenters. The Morgan fingerprint density at radius 2 is 1.57 bits per heavy atom. The van der Waals surface area contributed by atoms with Gasteiger partial charge in [0.2, 0.25) is 0 Å². The van der Waals surface area contributed by atoms with Crippen molar-refractivity contribution in [2.75, 3.05) is 5.75 Å². The molecule has 3 heteroatoms. The van der Waals surface area contributed by atoms with Crippen molar-refractivity contribution >= 4 is 15.4 Å². The van der Waals surface area contributed by atoms with Gasteiger partial charge in [0.15, 0.2) is 9.84 Å². The zero-order valence-corrected chi connectivity index (χ0v) is 13.3. The molecular weight excluding hydrogens is 280 g/mol. The fraction of sp³-hybridized carbons (Fsp3) is 0.222. The van der Waals surface area contributed by atoms with Crippen LogP contribution in [0.3, 0.4) is 0 Å². The van der Waals surface area contributed by atoms with Gasteiger partial charge in [-0.2, -0.15) is 0 Å². The molecule has 0 N–H and O–H groups in total. The number of rotatable bonds is 5. The van der Waals surface area contributed by atoms with Crippen LogP contribution < -0.4 is 0 Å². The van der Waals surface area contributed by atoms with Crippen LogP contribution in [0.5, 0.6) is 0 Å². The van der Waals surface area contributed by atoms with E-state index in [9.17, 15) is 8.42 Å². The molecule has 0 radical (unpaired) electrons. The fourth-order valence-corrected chi connectivity index (χ4v) is 3.36. The summed E-state index contributed by atoms with van der Waals surface area (Å²) in [6.45, 7) is 7.79. The van der Waals surface area contributed by atoms with E-state index in [2.05, 4.69) is 6.58 Å². The molecule has 0 spiro atoms. The number of hydrogen-bond acceptors (Lipinski definition) is 2. The van der Waals surface area contributed by atoms with Crippen molar-refractivity contribution in [2.24, 2.45) is 0 Å². The maximum atomic E-state index is 12.3. The van der Waals surface area contributed by atoms with Crippen molar-refractivity contribution in [3.05, 3.63) is 71.8 Å². The molecule has 110 valence electrons. The van der Waals surface area contributed by atoms with Crippen LogP contribution >= 0.6 is 0 Å². The summed E-state index contributed by atoms with van der Waals surface area (Å²) in [5.41, 5.74) is 4.17. The standard InChI is InChI=1S/C18H20O2S/c1-14(2)17-8-6-16(7-9-17)12-13-21(19,20)18-10-4-15(3)5-11-18/h4-11H,1,12-13H2,2-3H3. The quantitative estimate of drug-likeness (QED) is 0.835. The summed E-state index contributed by atoms with van der Waals surface area (Å²) in [5, 5.41) is 0. The van der Waals surface area contributed by atoms with E-state index in [1.54, 1.807) is 12.1 Å². The third-order valence-electron chi connectivity index (χ3n) is 3.49. The van der Waals surface area contributed by atoms with Gasteiger partial charge in [0.1, 0.15) is 0 Å². The van der Waals surface area contributed by atoms with Gasteiger partial charge in [0, 0.05) is 0 Å². The van der Waals surface area contributed by atoms with Crippen LogP contribution in [0.2, 0.25) is 0 Å². The Labute approximate surface area is 127 Å². The summed E-state index contributed by atoms with van der Waals surface area (Å²) in [6.07, 6.45) is 0.521. The van der Waals surface area contributed by atoms with Crippen LogP contribution in [0, 0.1) is 6.92 Å². The Kier molecular flexibility index (Phi) is 4.63. The van der Waals surface area contributed by atoms with Crippen LogP contribution in [0.4, 0.5) is 0 Å². The van der Waals surface area contributed by atoms with E-state index in [0.717, 1.165) is 22.3 Å². The number of hydrogen-bond donors (Lipinski definition) is 0. The lowest BCUT2D eigenvalue weighted by atomic mass is 10.1. The minimum absolute atomic E-state index is 0.127. The normalized spacial score (nSPS) is 11.3. The molecule has 0 aliphatic heterocycles. The predicted octanol–water partition coefficient (Wildman–Crippen LogP) is 4.04. The first-order chi connectivity index (χ1) is 9.88. The van der Waals surface area contributed by atoms with Gasteiger partial charge < -0.3 is 0 Å². The molecule has 0 aliphatic rings. The third-order valence-corrected chi connectivity index (χ3v) is 5.22. The van der Waals surface area contributed by atoms with Gasteiger partial charge in [-0.05, 0) is 43.5 Å². The van der Waals surface area contributed by atoms with Crippen molar-refractivity contribution in [3.8, 4) is 0 Å². The lowest BCUT2D eigenvalue weighted by molar-refractivity contribution is 0.595. The Morgan fingerprint density at radius 3 is 2.10 bits per heavy atom. The monoisotopic (exact) mass is 300 g/mol. The summed E-state index contributed by atoms with van der Waals surface area (Å²) < 4.78 is 24.6. The van der Waals surface area contributed by atoms with E-state index >= 15 is 0 Å². The third kappa shape index (κ3) is 4.05. The summed E-state index contributed by atoms with van der Waals surface area (Å²) in [4.78, 5) is 0.395. The van der Waals surface area contributed by atoms with Gasteiger partial charge in [-0.25, -0.2) is 8.42 Å². The molecule has 2 aromatic carbocycles. The molecular formula is C18H20O2S. The van der Waals surface area contributed by atoms with E-state index in [1.165, 1.54) is 0 Å². The van der Waals surface area contributed by atoms with Crippen LogP contribution in [0.1, 0.15) is 23.6 Å². The molecule has 0 fully saturated rings. The average molecular weight is 300 g/mol. The van der Waals surface area contributed by atoms with Gasteiger partial charge in [0.25, 0.3) is 0 Å². The highest BCUT2D eigenvalue weighted by molar-refractivity contribution is 7.91. The van der Waals surface area contributed by atoms with Crippen LogP contribution in [0.25, 0.3) is 5.57 Å². The van der Waals surface area contributed by atoms with Crippen molar-refractivity contribution in [3.63, 3.8) is 0 Å². The second-order valence-corrected chi connectivity index (χ2v) is 7.47. The minimum atomic E-state index is -3.22. The number of sulfone groups is 1. The van der Waals surface area contributed by atoms with E-state index in [0.29, 0.717) is 11.3 Å². The Balaban J connectivity index is 2.08. The highest BCUT2D eigenvalue weighted by atomic mass is 32.2. The van der Waals surface area contributed by atoms with E-state index in [1.807, 2.05) is 50.2 Å². The lowest BCUT2D eigenvalue weighted by Crippen LogP contribution is -2.09. The van der Waals surface area contributed by atoms with E-state index < -0.39 is 9.84 Å². The predicted molar refractivity (Wildman–Crippen MR) is 88.1 cm³/mol. The highest BCUT2D eigenvalue weighted by Gasteiger charge is 2.14. The Bertz CT molecular complexity index is 724. The summed E-state index contributed by atoms with van der Waals surface area (Å²) in [5.74, 6) is 0.127. The zero-order valence-electron chi connectivity index (χ0n) is 12.5. The second-order valence-electron chi connectivity index (χ2n) is 5.36. The van der Waals surface area contributed by atoms with E-state index in [4.69, 9.17) is 0 Å². The molecule has 0 saturated carbocycles. The number of allylic oxidation sites excluding steroid dienone is 1. The minimum Gasteiger partial charge on any atom is -0.224 e. The van der Waals surface area contributed by atoms with Crippen LogP contribution in [-0.4, -0.2) is 14.2 Å². The molecule has 0 aliphatic carbocycles. The molecule has 21 heavy (non-hydrogen) atoms. The first kappa shape index (κ1) is 15.5. The van der Waals surface area contributed by atoms with Gasteiger partial charge in [-0.3, -0.25) is 0 Å². The molecule has 0 aromatic heterocycles. The molecule has 0 saturated heterocycles. The number of aryl methyl sites for hydroxylation is 2. The first-order valence-corrected chi connectivity index (χ1v) is 8.58. The van der Waals surface area contributed by atoms with Crippen molar-refractivity contribution in [1.82, 2.24) is 0 Å². The SMILES string of the molecule is C=C(C)c1ccc(CCS(=O)(=O)c2ccc(C)cc2)cc1. The Hall–Kier alpha value is -1.87. The maximum Gasteiger partial charge on any atom is 0.178 e. The lowest BCUT2D eigenvalue weighted by Gasteiger charge is -2.06. The smallest absolute Gasteiger partial charge is 0.178 e. The van der Waals surface area contributed by atoms with Crippen LogP contribution in [-0.2, 0) is 16.3 Å². The maximum absolute atomic E-state index is 12.3. The van der Waals surface area contributed by atoms with Gasteiger partial charge >= 0.3 is 0 Å². The van der Waals surface area contributed by atoms with E-state index in [-0.39, 0.29) is 5.75 Å². The van der Waals surface area contributed by atoms with Gasteiger partial charge in [0.05, 0.1) is 10.6 Å². The Morgan fingerprint density at radius 1 is 1.00 bits per heavy atom. The summed E-state index contributed by atoms with van der Waals surface area (Å²) in [6, 6.07) is 14.9. The molecule has 0 heterocycles. The van der Waals surface area contributed by atoms with Crippen molar-refractivity contribution < 1.29 is 8.42 Å². The topological polar surface area (TPSA) is 34.1 Å². The fourth-order valence-electron chi connectivity index (χ4n) is 2.07. The molecule has 0 unspecified atom stereocenters. The van der Waals surface area contributed by atoms with Gasteiger partial charge in [-0.15, -0.1) is 0 Å². The number of benzene rings is 2. The highest BCUT2D eigenvalue weighted by Crippen LogP contribution is 2.16. The first-order valence-electron chi connectivity index (χ1n) is 6.93. The largest absolute Gasteiger partial charge is 0.224 e. The molecule has 2 nitrogen and oxygen atoms in total. The second kappa shape index (κ2) is 6.27. The molecule has 2 aromatic rings.